The van der Waals surface area contributed by atoms with Crippen molar-refractivity contribution in [1.29, 1.82) is 0 Å². The van der Waals surface area contributed by atoms with Gasteiger partial charge in [-0.15, -0.1) is 11.3 Å². The molecule has 2 aromatic heterocycles. The monoisotopic (exact) mass is 492 g/mol. The van der Waals surface area contributed by atoms with Crippen LogP contribution in [0.1, 0.15) is 27.4 Å². The highest BCUT2D eigenvalue weighted by molar-refractivity contribution is 8.08. The van der Waals surface area contributed by atoms with Gasteiger partial charge in [0.1, 0.15) is 10.7 Å². The van der Waals surface area contributed by atoms with E-state index in [2.05, 4.69) is 9.97 Å². The summed E-state index contributed by atoms with van der Waals surface area (Å²) in [6.07, 6.45) is -2.69. The molecule has 0 bridgehead atoms. The summed E-state index contributed by atoms with van der Waals surface area (Å²) in [6.45, 7) is 3.79. The lowest BCUT2D eigenvalue weighted by molar-refractivity contribution is -0.137. The predicted molar refractivity (Wildman–Crippen MR) is 126 cm³/mol. The quantitative estimate of drug-likeness (QED) is 0.299. The van der Waals surface area contributed by atoms with E-state index < -0.39 is 11.7 Å². The van der Waals surface area contributed by atoms with Gasteiger partial charge in [0.15, 0.2) is 0 Å². The van der Waals surface area contributed by atoms with Crippen LogP contribution in [-0.4, -0.2) is 9.97 Å². The van der Waals surface area contributed by atoms with Crippen molar-refractivity contribution in [1.82, 2.24) is 9.97 Å². The number of nitrogens with one attached hydrogen (secondary N) is 1. The van der Waals surface area contributed by atoms with Gasteiger partial charge < -0.3 is 4.98 Å². The Labute approximate surface area is 195 Å². The fourth-order valence-electron chi connectivity index (χ4n) is 3.09. The van der Waals surface area contributed by atoms with Gasteiger partial charge in [-0.2, -0.15) is 13.2 Å². The number of hydrogen-bond acceptors (Lipinski definition) is 4. The molecular weight excluding hydrogens is 477 g/mol. The van der Waals surface area contributed by atoms with Crippen molar-refractivity contribution in [2.24, 2.45) is 0 Å². The fourth-order valence-corrected chi connectivity index (χ4v) is 5.22. The Morgan fingerprint density at radius 2 is 1.88 bits per heavy atom. The van der Waals surface area contributed by atoms with E-state index in [0.29, 0.717) is 30.9 Å². The molecule has 164 valence electrons. The van der Waals surface area contributed by atoms with Crippen LogP contribution in [0.15, 0.2) is 58.2 Å². The Bertz CT molecular complexity index is 1390. The van der Waals surface area contributed by atoms with E-state index in [4.69, 9.17) is 11.6 Å². The minimum atomic E-state index is -4.45. The SMILES string of the molecule is Cc1sc2nc(/C(=C\c3ccc(Cl)cc3)Sc3cccc(C(F)(F)F)c3)[nH]c(=O)c2c1C. The molecule has 32 heavy (non-hydrogen) atoms. The van der Waals surface area contributed by atoms with Crippen molar-refractivity contribution in [3.8, 4) is 0 Å². The van der Waals surface area contributed by atoms with Crippen molar-refractivity contribution in [3.63, 3.8) is 0 Å². The van der Waals surface area contributed by atoms with Crippen molar-refractivity contribution < 1.29 is 13.2 Å². The van der Waals surface area contributed by atoms with Gasteiger partial charge in [0.05, 0.1) is 15.9 Å². The number of alkyl halides is 3. The number of thioether (sulfide) groups is 1. The maximum atomic E-state index is 13.2. The molecule has 0 fully saturated rings. The molecule has 0 saturated carbocycles. The van der Waals surface area contributed by atoms with Gasteiger partial charge in [0.25, 0.3) is 5.56 Å². The smallest absolute Gasteiger partial charge is 0.305 e. The third kappa shape index (κ3) is 4.77. The van der Waals surface area contributed by atoms with Crippen LogP contribution in [0.25, 0.3) is 21.2 Å². The largest absolute Gasteiger partial charge is 0.416 e. The van der Waals surface area contributed by atoms with E-state index in [1.807, 2.05) is 13.8 Å². The highest BCUT2D eigenvalue weighted by Gasteiger charge is 2.30. The first-order valence-electron chi connectivity index (χ1n) is 9.44. The topological polar surface area (TPSA) is 45.8 Å². The Morgan fingerprint density at radius 3 is 2.56 bits per heavy atom. The maximum Gasteiger partial charge on any atom is 0.416 e. The van der Waals surface area contributed by atoms with Crippen molar-refractivity contribution >= 4 is 55.9 Å². The van der Waals surface area contributed by atoms with E-state index >= 15 is 0 Å². The molecule has 0 aliphatic rings. The second-order valence-electron chi connectivity index (χ2n) is 7.07. The summed E-state index contributed by atoms with van der Waals surface area (Å²) in [5.74, 6) is 0.293. The Kier molecular flexibility index (Phi) is 6.20. The van der Waals surface area contributed by atoms with Gasteiger partial charge >= 0.3 is 6.18 Å². The summed E-state index contributed by atoms with van der Waals surface area (Å²) in [5.41, 5.74) is 0.623. The van der Waals surface area contributed by atoms with Crippen molar-refractivity contribution in [2.75, 3.05) is 0 Å². The first kappa shape index (κ1) is 22.6. The number of benzene rings is 2. The first-order chi connectivity index (χ1) is 15.1. The molecule has 0 aliphatic carbocycles. The second kappa shape index (κ2) is 8.77. The molecular formula is C23H16ClF3N2OS2. The average molecular weight is 493 g/mol. The van der Waals surface area contributed by atoms with Crippen LogP contribution >= 0.6 is 34.7 Å². The van der Waals surface area contributed by atoms with Gasteiger partial charge in [-0.3, -0.25) is 4.79 Å². The number of aryl methyl sites for hydroxylation is 2. The van der Waals surface area contributed by atoms with Gasteiger partial charge in [0, 0.05) is 14.8 Å². The molecule has 4 aromatic rings. The summed E-state index contributed by atoms with van der Waals surface area (Å²) >= 11 is 8.48. The third-order valence-electron chi connectivity index (χ3n) is 4.83. The Balaban J connectivity index is 1.85. The number of hydrogen-bond donors (Lipinski definition) is 1. The summed E-state index contributed by atoms with van der Waals surface area (Å²) in [7, 11) is 0. The van der Waals surface area contributed by atoms with Crippen LogP contribution in [-0.2, 0) is 6.18 Å². The summed E-state index contributed by atoms with van der Waals surface area (Å²) in [5, 5.41) is 1.10. The Hall–Kier alpha value is -2.55. The minimum absolute atomic E-state index is 0.279. The summed E-state index contributed by atoms with van der Waals surface area (Å²) < 4.78 is 39.6. The summed E-state index contributed by atoms with van der Waals surface area (Å²) in [4.78, 5) is 22.7. The van der Waals surface area contributed by atoms with Gasteiger partial charge in [-0.1, -0.05) is 41.6 Å². The zero-order valence-corrected chi connectivity index (χ0v) is 19.3. The number of aromatic nitrogens is 2. The highest BCUT2D eigenvalue weighted by atomic mass is 35.5. The first-order valence-corrected chi connectivity index (χ1v) is 11.5. The number of thiophene rings is 1. The molecule has 0 spiro atoms. The number of fused-ring (bicyclic) bond motifs is 1. The van der Waals surface area contributed by atoms with Gasteiger partial charge in [-0.05, 0) is 61.4 Å². The molecule has 0 aliphatic heterocycles. The third-order valence-corrected chi connectivity index (χ3v) is 7.20. The van der Waals surface area contributed by atoms with Crippen LogP contribution < -0.4 is 5.56 Å². The molecule has 2 heterocycles. The maximum absolute atomic E-state index is 13.2. The number of rotatable bonds is 4. The highest BCUT2D eigenvalue weighted by Crippen LogP contribution is 2.38. The minimum Gasteiger partial charge on any atom is -0.305 e. The predicted octanol–water partition coefficient (Wildman–Crippen LogP) is 7.56. The van der Waals surface area contributed by atoms with E-state index in [1.54, 1.807) is 36.4 Å². The molecule has 9 heteroatoms. The molecule has 0 amide bonds. The Morgan fingerprint density at radius 1 is 1.16 bits per heavy atom. The molecule has 4 rings (SSSR count). The zero-order valence-electron chi connectivity index (χ0n) is 16.9. The molecule has 1 N–H and O–H groups in total. The fraction of sp³-hybridized carbons (Fsp3) is 0.130. The molecule has 0 unspecified atom stereocenters. The average Bonchev–Trinajstić information content (AvgIpc) is 3.02. The lowest BCUT2D eigenvalue weighted by Crippen LogP contribution is -2.10. The van der Waals surface area contributed by atoms with Crippen LogP contribution in [0.3, 0.4) is 0 Å². The van der Waals surface area contributed by atoms with E-state index in [9.17, 15) is 18.0 Å². The van der Waals surface area contributed by atoms with Crippen molar-refractivity contribution in [2.45, 2.75) is 24.9 Å². The van der Waals surface area contributed by atoms with Crippen LogP contribution in [0.4, 0.5) is 13.2 Å². The molecule has 0 radical (unpaired) electrons. The number of H-pyrrole nitrogens is 1. The lowest BCUT2D eigenvalue weighted by atomic mass is 10.2. The summed E-state index contributed by atoms with van der Waals surface area (Å²) in [6, 6.07) is 12.0. The lowest BCUT2D eigenvalue weighted by Gasteiger charge is -2.11. The van der Waals surface area contributed by atoms with E-state index in [0.717, 1.165) is 39.9 Å². The van der Waals surface area contributed by atoms with Crippen LogP contribution in [0.2, 0.25) is 5.02 Å². The van der Waals surface area contributed by atoms with Crippen molar-refractivity contribution in [3.05, 3.63) is 91.3 Å². The van der Waals surface area contributed by atoms with Gasteiger partial charge in [-0.25, -0.2) is 4.98 Å². The number of aromatic amines is 1. The van der Waals surface area contributed by atoms with Gasteiger partial charge in [0.2, 0.25) is 0 Å². The second-order valence-corrected chi connectivity index (χ2v) is 9.82. The zero-order chi connectivity index (χ0) is 23.0. The number of halogens is 4. The standard InChI is InChI=1S/C23H16ClF3N2OS2/c1-12-13(2)31-22-19(12)21(30)28-20(29-22)18(10-14-6-8-16(24)9-7-14)32-17-5-3-4-15(11-17)23(25,26)27/h3-11H,1-2H3,(H,28,29,30)/b18-10+. The molecule has 0 saturated heterocycles. The molecule has 2 aromatic carbocycles. The number of nitrogens with zero attached hydrogens (tertiary/aromatic N) is 1. The normalized spacial score (nSPS) is 12.5. The van der Waals surface area contributed by atoms with E-state index in [1.165, 1.54) is 17.4 Å². The van der Waals surface area contributed by atoms with E-state index in [-0.39, 0.29) is 5.56 Å². The molecule has 3 nitrogen and oxygen atoms in total. The van der Waals surface area contributed by atoms with Crippen LogP contribution in [0.5, 0.6) is 0 Å². The molecule has 0 atom stereocenters. The van der Waals surface area contributed by atoms with Crippen LogP contribution in [0, 0.1) is 13.8 Å².